The van der Waals surface area contributed by atoms with Crippen molar-refractivity contribution >= 4 is 33.0 Å². The zero-order valence-electron chi connectivity index (χ0n) is 18.9. The molecule has 34 heavy (non-hydrogen) atoms. The average molecular weight is 479 g/mol. The molecule has 3 N–H and O–H groups in total. The molecule has 0 radical (unpaired) electrons. The van der Waals surface area contributed by atoms with Gasteiger partial charge in [0.05, 0.1) is 17.0 Å². The van der Waals surface area contributed by atoms with Crippen LogP contribution in [0.15, 0.2) is 71.6 Å². The van der Waals surface area contributed by atoms with E-state index in [1.807, 2.05) is 6.07 Å². The van der Waals surface area contributed by atoms with Crippen LogP contribution in [-0.4, -0.2) is 25.1 Å². The van der Waals surface area contributed by atoms with Crippen molar-refractivity contribution < 1.29 is 23.1 Å². The molecule has 0 aromatic heterocycles. The molecule has 176 valence electrons. The average Bonchev–Trinajstić information content (AvgIpc) is 2.83. The monoisotopic (exact) mass is 478 g/mol. The summed E-state index contributed by atoms with van der Waals surface area (Å²) in [6, 6.07) is 17.9. The highest BCUT2D eigenvalue weighted by Crippen LogP contribution is 2.40. The van der Waals surface area contributed by atoms with Crippen LogP contribution in [0.3, 0.4) is 0 Å². The number of hydrogen-bond donors (Lipinski definition) is 3. The summed E-state index contributed by atoms with van der Waals surface area (Å²) in [7, 11) is -3.94. The van der Waals surface area contributed by atoms with E-state index >= 15 is 0 Å². The molecule has 0 fully saturated rings. The van der Waals surface area contributed by atoms with Crippen LogP contribution in [0.2, 0.25) is 0 Å². The molecule has 4 rings (SSSR count). The normalized spacial score (nSPS) is 17.4. The van der Waals surface area contributed by atoms with Crippen molar-refractivity contribution in [2.45, 2.75) is 43.7 Å². The Labute approximate surface area is 198 Å². The van der Waals surface area contributed by atoms with E-state index in [2.05, 4.69) is 10.0 Å². The van der Waals surface area contributed by atoms with Gasteiger partial charge in [0.2, 0.25) is 0 Å². The summed E-state index contributed by atoms with van der Waals surface area (Å²) < 4.78 is 28.5. The molecule has 0 amide bonds. The molecule has 1 aliphatic rings. The molecule has 3 aromatic rings. The van der Waals surface area contributed by atoms with Crippen molar-refractivity contribution in [3.63, 3.8) is 0 Å². The van der Waals surface area contributed by atoms with Gasteiger partial charge in [0.1, 0.15) is 0 Å². The lowest BCUT2D eigenvalue weighted by Gasteiger charge is -2.31. The number of aliphatic hydroxyl groups excluding tert-OH is 1. The fourth-order valence-electron chi connectivity index (χ4n) is 4.08. The van der Waals surface area contributed by atoms with E-state index in [-0.39, 0.29) is 22.5 Å². The number of aliphatic hydroxyl groups is 1. The van der Waals surface area contributed by atoms with Gasteiger partial charge in [-0.25, -0.2) is 8.42 Å². The highest BCUT2D eigenvalue weighted by atomic mass is 32.2. The molecule has 0 spiro atoms. The van der Waals surface area contributed by atoms with Gasteiger partial charge >= 0.3 is 0 Å². The summed E-state index contributed by atoms with van der Waals surface area (Å²) in [6.07, 6.45) is -0.235. The fourth-order valence-corrected chi connectivity index (χ4v) is 5.16. The van der Waals surface area contributed by atoms with Crippen LogP contribution in [0.5, 0.6) is 0 Å². The first-order valence-corrected chi connectivity index (χ1v) is 12.5. The van der Waals surface area contributed by atoms with Gasteiger partial charge in [-0.3, -0.25) is 14.3 Å². The Morgan fingerprint density at radius 1 is 1.03 bits per heavy atom. The summed E-state index contributed by atoms with van der Waals surface area (Å²) in [6.45, 7) is 3.25. The highest BCUT2D eigenvalue weighted by molar-refractivity contribution is 7.92. The second-order valence-corrected chi connectivity index (χ2v) is 10.0. The minimum atomic E-state index is -3.94. The molecule has 0 aliphatic carbocycles. The number of sulfonamides is 1. The zero-order valence-corrected chi connectivity index (χ0v) is 19.7. The van der Waals surface area contributed by atoms with Gasteiger partial charge in [-0.1, -0.05) is 37.3 Å². The third-order valence-corrected chi connectivity index (χ3v) is 7.31. The largest absolute Gasteiger partial charge is 0.388 e. The van der Waals surface area contributed by atoms with Crippen LogP contribution in [0.4, 0.5) is 11.4 Å². The standard InChI is InChI=1S/C26H26N2O5S/c1-3-25(30)19-8-5-9-20(13-19)28-34(32,33)21-10-11-23-22(14-21)26(31)15-24(27-23)18-7-4-6-17(12-18)16(2)29/h4-14,24,26-28,31H,3,15H2,1-2H3/t24?,26-/m0/s1. The van der Waals surface area contributed by atoms with Crippen molar-refractivity contribution in [2.24, 2.45) is 0 Å². The van der Waals surface area contributed by atoms with Crippen LogP contribution in [0.1, 0.15) is 70.7 Å². The van der Waals surface area contributed by atoms with E-state index in [1.54, 1.807) is 49.4 Å². The Bertz CT molecular complexity index is 1370. The number of Topliss-reactive ketones (excluding diaryl/α,β-unsaturated/α-hetero) is 2. The molecule has 7 nitrogen and oxygen atoms in total. The third-order valence-electron chi connectivity index (χ3n) is 5.93. The number of carbonyl (C=O) groups excluding carboxylic acids is 2. The number of anilines is 2. The Kier molecular flexibility index (Phi) is 6.54. The van der Waals surface area contributed by atoms with Crippen LogP contribution in [0, 0.1) is 0 Å². The maximum absolute atomic E-state index is 13.0. The topological polar surface area (TPSA) is 113 Å². The Morgan fingerprint density at radius 2 is 1.76 bits per heavy atom. The van der Waals surface area contributed by atoms with Gasteiger partial charge in [-0.15, -0.1) is 0 Å². The van der Waals surface area contributed by atoms with E-state index in [4.69, 9.17) is 0 Å². The number of hydrogen-bond acceptors (Lipinski definition) is 6. The van der Waals surface area contributed by atoms with E-state index in [0.29, 0.717) is 40.9 Å². The van der Waals surface area contributed by atoms with Crippen LogP contribution in [-0.2, 0) is 10.0 Å². The van der Waals surface area contributed by atoms with Crippen molar-refractivity contribution in [2.75, 3.05) is 10.0 Å². The third kappa shape index (κ3) is 4.88. The van der Waals surface area contributed by atoms with Crippen LogP contribution < -0.4 is 10.0 Å². The minimum Gasteiger partial charge on any atom is -0.388 e. The lowest BCUT2D eigenvalue weighted by Crippen LogP contribution is -2.22. The summed E-state index contributed by atoms with van der Waals surface area (Å²) in [5, 5.41) is 14.2. The maximum atomic E-state index is 13.0. The van der Waals surface area contributed by atoms with Crippen molar-refractivity contribution in [1.82, 2.24) is 0 Å². The lowest BCUT2D eigenvalue weighted by atomic mass is 9.90. The highest BCUT2D eigenvalue weighted by Gasteiger charge is 2.28. The predicted molar refractivity (Wildman–Crippen MR) is 131 cm³/mol. The molecule has 8 heteroatoms. The summed E-state index contributed by atoms with van der Waals surface area (Å²) in [5.41, 5.74) is 3.31. The molecular weight excluding hydrogens is 452 g/mol. The molecular formula is C26H26N2O5S. The first-order valence-electron chi connectivity index (χ1n) is 11.0. The van der Waals surface area contributed by atoms with E-state index < -0.39 is 16.1 Å². The number of benzene rings is 3. The predicted octanol–water partition coefficient (Wildman–Crippen LogP) is 4.87. The number of nitrogens with one attached hydrogen (secondary N) is 2. The van der Waals surface area contributed by atoms with Gasteiger partial charge in [0.25, 0.3) is 10.0 Å². The molecule has 0 saturated heterocycles. The van der Waals surface area contributed by atoms with E-state index in [1.165, 1.54) is 25.1 Å². The van der Waals surface area contributed by atoms with Crippen LogP contribution in [0.25, 0.3) is 0 Å². The second-order valence-electron chi connectivity index (χ2n) is 8.34. The lowest BCUT2D eigenvalue weighted by molar-refractivity contribution is 0.0985. The molecule has 1 heterocycles. The number of fused-ring (bicyclic) bond motifs is 1. The Balaban J connectivity index is 1.58. The number of ketones is 2. The van der Waals surface area contributed by atoms with Gasteiger partial charge in [-0.05, 0) is 48.9 Å². The molecule has 1 unspecified atom stereocenters. The smallest absolute Gasteiger partial charge is 0.261 e. The van der Waals surface area contributed by atoms with Crippen molar-refractivity contribution in [3.05, 3.63) is 89.0 Å². The summed E-state index contributed by atoms with van der Waals surface area (Å²) in [4.78, 5) is 23.7. The van der Waals surface area contributed by atoms with Crippen molar-refractivity contribution in [1.29, 1.82) is 0 Å². The SMILES string of the molecule is CCC(=O)c1cccc(NS(=O)(=O)c2ccc3c(c2)[C@@H](O)CC(c2cccc(C(C)=O)c2)N3)c1. The first-order chi connectivity index (χ1) is 16.2. The van der Waals surface area contributed by atoms with Gasteiger partial charge < -0.3 is 10.4 Å². The van der Waals surface area contributed by atoms with Gasteiger partial charge in [0.15, 0.2) is 11.6 Å². The molecule has 0 saturated carbocycles. The molecule has 3 aromatic carbocycles. The zero-order chi connectivity index (χ0) is 24.5. The maximum Gasteiger partial charge on any atom is 0.261 e. The molecule has 0 bridgehead atoms. The first kappa shape index (κ1) is 23.7. The second kappa shape index (κ2) is 9.40. The number of carbonyl (C=O) groups is 2. The van der Waals surface area contributed by atoms with Crippen molar-refractivity contribution in [3.8, 4) is 0 Å². The minimum absolute atomic E-state index is 0.0105. The van der Waals surface area contributed by atoms with Gasteiger partial charge in [0, 0.05) is 40.9 Å². The van der Waals surface area contributed by atoms with Gasteiger partial charge in [-0.2, -0.15) is 0 Å². The Hall–Kier alpha value is -3.49. The Morgan fingerprint density at radius 3 is 2.50 bits per heavy atom. The molecule has 1 aliphatic heterocycles. The fraction of sp³-hybridized carbons (Fsp3) is 0.231. The summed E-state index contributed by atoms with van der Waals surface area (Å²) in [5.74, 6) is -0.113. The molecule has 2 atom stereocenters. The van der Waals surface area contributed by atoms with E-state index in [9.17, 15) is 23.1 Å². The summed E-state index contributed by atoms with van der Waals surface area (Å²) >= 11 is 0. The number of rotatable bonds is 7. The quantitative estimate of drug-likeness (QED) is 0.418. The van der Waals surface area contributed by atoms with Crippen LogP contribution >= 0.6 is 0 Å². The van der Waals surface area contributed by atoms with E-state index in [0.717, 1.165) is 5.56 Å².